The predicted octanol–water partition coefficient (Wildman–Crippen LogP) is 4.47. The number of pyridine rings is 2. The summed E-state index contributed by atoms with van der Waals surface area (Å²) in [6, 6.07) is 16.5. The maximum Gasteiger partial charge on any atom is 0.138 e. The van der Waals surface area contributed by atoms with E-state index in [4.69, 9.17) is 14.5 Å². The Balaban J connectivity index is 1.27. The molecule has 2 aliphatic heterocycles. The maximum atomic E-state index is 9.83. The van der Waals surface area contributed by atoms with Crippen LogP contribution in [0.5, 0.6) is 5.75 Å². The second-order valence-electron chi connectivity index (χ2n) is 9.75. The molecule has 0 spiro atoms. The lowest BCUT2D eigenvalue weighted by atomic mass is 10.0. The van der Waals surface area contributed by atoms with Crippen LogP contribution in [0.25, 0.3) is 33.4 Å². The molecule has 0 bridgehead atoms. The zero-order chi connectivity index (χ0) is 25.2. The van der Waals surface area contributed by atoms with Crippen molar-refractivity contribution in [2.24, 2.45) is 0 Å². The molecule has 0 radical (unpaired) electrons. The van der Waals surface area contributed by atoms with Crippen molar-refractivity contribution in [2.45, 2.75) is 18.9 Å². The zero-order valence-electron chi connectivity index (χ0n) is 21.0. The summed E-state index contributed by atoms with van der Waals surface area (Å²) in [5.41, 5.74) is 5.29. The Morgan fingerprint density at radius 2 is 1.81 bits per heavy atom. The molecule has 2 fully saturated rings. The van der Waals surface area contributed by atoms with Gasteiger partial charge >= 0.3 is 0 Å². The standard InChI is InChI=1S/C29H30N6O2/c1-34-10-12-35(13-11-34)28-5-3-21(19-32-28)26-17-25-24(6-9-31-29(25)33-26)20-2-4-27(22(16-20)18-30)37-23-7-14-36-15-8-23/h2-6,9,16-17,19,23H,7-8,10-15H2,1H3,(H,31,33). The molecule has 8 nitrogen and oxygen atoms in total. The van der Waals surface area contributed by atoms with Crippen LogP contribution < -0.4 is 9.64 Å². The van der Waals surface area contributed by atoms with Gasteiger partial charge in [-0.1, -0.05) is 6.07 Å². The average molecular weight is 495 g/mol. The highest BCUT2D eigenvalue weighted by Gasteiger charge is 2.19. The lowest BCUT2D eigenvalue weighted by molar-refractivity contribution is 0.0254. The van der Waals surface area contributed by atoms with E-state index in [0.29, 0.717) is 24.5 Å². The van der Waals surface area contributed by atoms with Gasteiger partial charge in [-0.05, 0) is 54.6 Å². The SMILES string of the molecule is CN1CCN(c2ccc(-c3cc4c(-c5ccc(OC6CCOCC6)c(C#N)c5)ccnc4[nH]3)cn2)CC1. The first kappa shape index (κ1) is 23.5. The van der Waals surface area contributed by atoms with Crippen molar-refractivity contribution < 1.29 is 9.47 Å². The number of ether oxygens (including phenoxy) is 2. The number of aromatic nitrogens is 3. The highest BCUT2D eigenvalue weighted by atomic mass is 16.5. The largest absolute Gasteiger partial charge is 0.489 e. The van der Waals surface area contributed by atoms with Gasteiger partial charge in [0.05, 0.1) is 18.8 Å². The van der Waals surface area contributed by atoms with Crippen molar-refractivity contribution in [2.75, 3.05) is 51.3 Å². The Kier molecular flexibility index (Phi) is 6.47. The fourth-order valence-electron chi connectivity index (χ4n) is 5.06. The van der Waals surface area contributed by atoms with E-state index >= 15 is 0 Å². The Morgan fingerprint density at radius 1 is 1.00 bits per heavy atom. The molecule has 1 N–H and O–H groups in total. The molecule has 2 saturated heterocycles. The van der Waals surface area contributed by atoms with Crippen LogP contribution in [-0.2, 0) is 4.74 Å². The van der Waals surface area contributed by atoms with Gasteiger partial charge in [-0.15, -0.1) is 0 Å². The van der Waals surface area contributed by atoms with E-state index in [1.165, 1.54) is 0 Å². The molecule has 6 rings (SSSR count). The fourth-order valence-corrected chi connectivity index (χ4v) is 5.06. The molecule has 5 heterocycles. The van der Waals surface area contributed by atoms with E-state index < -0.39 is 0 Å². The van der Waals surface area contributed by atoms with Crippen LogP contribution in [-0.4, -0.2) is 72.4 Å². The minimum atomic E-state index is 0.0859. The third kappa shape index (κ3) is 4.88. The first-order valence-electron chi connectivity index (χ1n) is 12.8. The summed E-state index contributed by atoms with van der Waals surface area (Å²) in [6.07, 6.45) is 5.49. The van der Waals surface area contributed by atoms with E-state index in [0.717, 1.165) is 78.3 Å². The summed E-state index contributed by atoms with van der Waals surface area (Å²) in [6.45, 7) is 5.48. The molecule has 0 atom stereocenters. The monoisotopic (exact) mass is 494 g/mol. The summed E-state index contributed by atoms with van der Waals surface area (Å²) in [5.74, 6) is 1.64. The second-order valence-corrected chi connectivity index (χ2v) is 9.75. The van der Waals surface area contributed by atoms with Gasteiger partial charge in [-0.25, -0.2) is 9.97 Å². The van der Waals surface area contributed by atoms with Crippen molar-refractivity contribution in [1.82, 2.24) is 19.9 Å². The molecule has 1 aromatic carbocycles. The molecule has 0 saturated carbocycles. The van der Waals surface area contributed by atoms with Gasteiger partial charge in [-0.2, -0.15) is 5.26 Å². The van der Waals surface area contributed by atoms with Crippen molar-refractivity contribution in [3.8, 4) is 34.2 Å². The van der Waals surface area contributed by atoms with E-state index in [2.05, 4.69) is 51.1 Å². The second kappa shape index (κ2) is 10.2. The number of anilines is 1. The van der Waals surface area contributed by atoms with Gasteiger partial charge in [0.25, 0.3) is 0 Å². The minimum absolute atomic E-state index is 0.0859. The molecule has 0 unspecified atom stereocenters. The summed E-state index contributed by atoms with van der Waals surface area (Å²) in [7, 11) is 2.16. The molecule has 4 aromatic rings. The third-order valence-electron chi connectivity index (χ3n) is 7.29. The van der Waals surface area contributed by atoms with Gasteiger partial charge in [0, 0.05) is 68.1 Å². The van der Waals surface area contributed by atoms with Crippen molar-refractivity contribution in [3.63, 3.8) is 0 Å². The number of benzene rings is 1. The quantitative estimate of drug-likeness (QED) is 0.438. The number of nitrogens with one attached hydrogen (secondary N) is 1. The number of piperazine rings is 1. The van der Waals surface area contributed by atoms with E-state index in [9.17, 15) is 5.26 Å². The zero-order valence-corrected chi connectivity index (χ0v) is 21.0. The summed E-state index contributed by atoms with van der Waals surface area (Å²) in [4.78, 5) is 17.4. The highest BCUT2D eigenvalue weighted by molar-refractivity contribution is 5.96. The lowest BCUT2D eigenvalue weighted by Gasteiger charge is -2.33. The Labute approximate surface area is 216 Å². The number of hydrogen-bond donors (Lipinski definition) is 1. The van der Waals surface area contributed by atoms with Crippen LogP contribution in [0.2, 0.25) is 0 Å². The molecular weight excluding hydrogens is 464 g/mol. The van der Waals surface area contributed by atoms with Crippen LogP contribution in [0, 0.1) is 11.3 Å². The van der Waals surface area contributed by atoms with Crippen LogP contribution in [0.3, 0.4) is 0 Å². The van der Waals surface area contributed by atoms with Crippen LogP contribution >= 0.6 is 0 Å². The maximum absolute atomic E-state index is 9.83. The van der Waals surface area contributed by atoms with Crippen LogP contribution in [0.15, 0.2) is 54.9 Å². The van der Waals surface area contributed by atoms with Gasteiger partial charge < -0.3 is 24.3 Å². The predicted molar refractivity (Wildman–Crippen MR) is 144 cm³/mol. The van der Waals surface area contributed by atoms with Gasteiger partial charge in [0.1, 0.15) is 29.4 Å². The molecule has 3 aromatic heterocycles. The first-order chi connectivity index (χ1) is 18.2. The van der Waals surface area contributed by atoms with Crippen LogP contribution in [0.4, 0.5) is 5.82 Å². The number of H-pyrrole nitrogens is 1. The van der Waals surface area contributed by atoms with E-state index in [1.807, 2.05) is 30.5 Å². The van der Waals surface area contributed by atoms with E-state index in [-0.39, 0.29) is 6.10 Å². The lowest BCUT2D eigenvalue weighted by Crippen LogP contribution is -2.44. The van der Waals surface area contributed by atoms with Gasteiger partial charge in [0.2, 0.25) is 0 Å². The molecule has 2 aliphatic rings. The molecular formula is C29H30N6O2. The van der Waals surface area contributed by atoms with Crippen molar-refractivity contribution in [3.05, 3.63) is 60.4 Å². The summed E-state index contributed by atoms with van der Waals surface area (Å²) >= 11 is 0. The number of nitriles is 1. The summed E-state index contributed by atoms with van der Waals surface area (Å²) in [5, 5.41) is 10.8. The van der Waals surface area contributed by atoms with Gasteiger partial charge in [-0.3, -0.25) is 0 Å². The van der Waals surface area contributed by atoms with Crippen LogP contribution in [0.1, 0.15) is 18.4 Å². The fraction of sp³-hybridized carbons (Fsp3) is 0.345. The molecule has 0 aliphatic carbocycles. The Hall–Kier alpha value is -3.93. The first-order valence-corrected chi connectivity index (χ1v) is 12.8. The Morgan fingerprint density at radius 3 is 2.57 bits per heavy atom. The number of nitrogens with zero attached hydrogens (tertiary/aromatic N) is 5. The van der Waals surface area contributed by atoms with Crippen molar-refractivity contribution in [1.29, 1.82) is 5.26 Å². The normalized spacial score (nSPS) is 17.1. The molecule has 188 valence electrons. The smallest absolute Gasteiger partial charge is 0.138 e. The van der Waals surface area contributed by atoms with E-state index in [1.54, 1.807) is 6.20 Å². The number of hydrogen-bond acceptors (Lipinski definition) is 7. The molecule has 0 amide bonds. The topological polar surface area (TPSA) is 90.3 Å². The van der Waals surface area contributed by atoms with Gasteiger partial charge in [0.15, 0.2) is 0 Å². The average Bonchev–Trinajstić information content (AvgIpc) is 3.39. The number of aromatic amines is 1. The number of fused-ring (bicyclic) bond motifs is 1. The number of rotatable bonds is 5. The molecule has 37 heavy (non-hydrogen) atoms. The minimum Gasteiger partial charge on any atom is -0.489 e. The molecule has 8 heteroatoms. The number of likely N-dealkylation sites (N-methyl/N-ethyl adjacent to an activating group) is 1. The Bertz CT molecular complexity index is 1430. The third-order valence-corrected chi connectivity index (χ3v) is 7.29. The summed E-state index contributed by atoms with van der Waals surface area (Å²) < 4.78 is 11.6. The highest BCUT2D eigenvalue weighted by Crippen LogP contribution is 2.34. The van der Waals surface area contributed by atoms with Crippen molar-refractivity contribution >= 4 is 16.9 Å².